The minimum Gasteiger partial charge on any atom is -0.399 e. The molecule has 2 rings (SSSR count). The van der Waals surface area contributed by atoms with Crippen molar-refractivity contribution in [2.75, 3.05) is 18.9 Å². The molecule has 0 bridgehead atoms. The van der Waals surface area contributed by atoms with Gasteiger partial charge in [-0.1, -0.05) is 6.07 Å². The molecule has 1 atom stereocenters. The first-order valence-electron chi connectivity index (χ1n) is 6.46. The van der Waals surface area contributed by atoms with Crippen LogP contribution in [0, 0.1) is 0 Å². The molecule has 0 radical (unpaired) electrons. The molecule has 0 saturated heterocycles. The normalized spacial score (nSPS) is 17.2. The topological polar surface area (TPSA) is 64.3 Å². The summed E-state index contributed by atoms with van der Waals surface area (Å²) in [5, 5.41) is 3.02. The third-order valence-corrected chi connectivity index (χ3v) is 3.25. The van der Waals surface area contributed by atoms with E-state index in [0.29, 0.717) is 6.61 Å². The van der Waals surface area contributed by atoms with Crippen LogP contribution in [0.1, 0.15) is 36.9 Å². The van der Waals surface area contributed by atoms with E-state index >= 15 is 0 Å². The molecule has 1 aromatic carbocycles. The van der Waals surface area contributed by atoms with Gasteiger partial charge < -0.3 is 15.8 Å². The number of aryl methyl sites for hydroxylation is 1. The van der Waals surface area contributed by atoms with Gasteiger partial charge in [0.05, 0.1) is 6.04 Å². The van der Waals surface area contributed by atoms with E-state index in [1.165, 1.54) is 11.1 Å². The molecular weight excluding hydrogens is 264 g/mol. The van der Waals surface area contributed by atoms with Crippen LogP contribution in [0.4, 0.5) is 5.69 Å². The lowest BCUT2D eigenvalue weighted by atomic mass is 9.87. The fourth-order valence-electron chi connectivity index (χ4n) is 2.41. The summed E-state index contributed by atoms with van der Waals surface area (Å²) in [6.45, 7) is 2.58. The third-order valence-electron chi connectivity index (χ3n) is 3.25. The zero-order valence-corrected chi connectivity index (χ0v) is 12.0. The minimum atomic E-state index is -0.0495. The maximum atomic E-state index is 11.7. The number of amides is 1. The summed E-state index contributed by atoms with van der Waals surface area (Å²) < 4.78 is 5.11. The van der Waals surface area contributed by atoms with Gasteiger partial charge in [0.15, 0.2) is 0 Å². The van der Waals surface area contributed by atoms with Gasteiger partial charge in [0, 0.05) is 12.3 Å². The Labute approximate surface area is 120 Å². The van der Waals surface area contributed by atoms with Crippen molar-refractivity contribution < 1.29 is 9.53 Å². The molecule has 0 spiro atoms. The van der Waals surface area contributed by atoms with Crippen LogP contribution < -0.4 is 11.1 Å². The van der Waals surface area contributed by atoms with E-state index in [1.54, 1.807) is 0 Å². The molecule has 1 aliphatic carbocycles. The maximum absolute atomic E-state index is 11.7. The van der Waals surface area contributed by atoms with Crippen LogP contribution >= 0.6 is 12.4 Å². The summed E-state index contributed by atoms with van der Waals surface area (Å²) in [5.41, 5.74) is 9.02. The van der Waals surface area contributed by atoms with Gasteiger partial charge in [0.1, 0.15) is 6.61 Å². The molecule has 0 aliphatic heterocycles. The van der Waals surface area contributed by atoms with E-state index in [9.17, 15) is 4.79 Å². The molecule has 0 saturated carbocycles. The molecule has 5 heteroatoms. The summed E-state index contributed by atoms with van der Waals surface area (Å²) in [5.74, 6) is -0.0495. The number of hydrogen-bond acceptors (Lipinski definition) is 3. The molecule has 0 fully saturated rings. The monoisotopic (exact) mass is 284 g/mol. The van der Waals surface area contributed by atoms with E-state index in [2.05, 4.69) is 5.32 Å². The van der Waals surface area contributed by atoms with Crippen molar-refractivity contribution in [2.24, 2.45) is 0 Å². The van der Waals surface area contributed by atoms with Crippen molar-refractivity contribution in [1.29, 1.82) is 0 Å². The molecule has 3 N–H and O–H groups in total. The fourth-order valence-corrected chi connectivity index (χ4v) is 2.41. The Bertz CT molecular complexity index is 437. The number of fused-ring (bicyclic) bond motifs is 1. The smallest absolute Gasteiger partial charge is 0.246 e. The minimum absolute atomic E-state index is 0. The second-order valence-electron chi connectivity index (χ2n) is 4.61. The number of anilines is 1. The lowest BCUT2D eigenvalue weighted by molar-refractivity contribution is -0.126. The molecule has 1 amide bonds. The van der Waals surface area contributed by atoms with Crippen LogP contribution in [0.3, 0.4) is 0 Å². The average Bonchev–Trinajstić information content (AvgIpc) is 2.36. The van der Waals surface area contributed by atoms with Crippen molar-refractivity contribution in [2.45, 2.75) is 32.2 Å². The number of nitrogens with two attached hydrogens (primary N) is 1. The number of ether oxygens (including phenoxy) is 1. The van der Waals surface area contributed by atoms with Crippen LogP contribution in [-0.4, -0.2) is 19.1 Å². The van der Waals surface area contributed by atoms with Crippen LogP contribution in [0.15, 0.2) is 18.2 Å². The van der Waals surface area contributed by atoms with Gasteiger partial charge in [-0.15, -0.1) is 12.4 Å². The third kappa shape index (κ3) is 4.11. The Hall–Kier alpha value is -1.26. The Kier molecular flexibility index (Phi) is 6.12. The van der Waals surface area contributed by atoms with Crippen molar-refractivity contribution >= 4 is 24.0 Å². The summed E-state index contributed by atoms with van der Waals surface area (Å²) in [6, 6.07) is 6.03. The number of nitrogen functional groups attached to an aromatic ring is 1. The highest BCUT2D eigenvalue weighted by atomic mass is 35.5. The van der Waals surface area contributed by atoms with E-state index < -0.39 is 0 Å². The number of rotatable bonds is 4. The highest BCUT2D eigenvalue weighted by molar-refractivity contribution is 5.85. The Morgan fingerprint density at radius 1 is 1.53 bits per heavy atom. The first-order valence-corrected chi connectivity index (χ1v) is 6.46. The van der Waals surface area contributed by atoms with Gasteiger partial charge in [-0.3, -0.25) is 4.79 Å². The van der Waals surface area contributed by atoms with Gasteiger partial charge in [0.2, 0.25) is 5.91 Å². The van der Waals surface area contributed by atoms with Gasteiger partial charge in [0.25, 0.3) is 0 Å². The van der Waals surface area contributed by atoms with Gasteiger partial charge in [-0.25, -0.2) is 0 Å². The Balaban J connectivity index is 0.00000180. The first-order chi connectivity index (χ1) is 8.70. The molecule has 4 nitrogen and oxygen atoms in total. The van der Waals surface area contributed by atoms with E-state index in [1.807, 2.05) is 25.1 Å². The highest BCUT2D eigenvalue weighted by Gasteiger charge is 2.21. The molecule has 106 valence electrons. The lowest BCUT2D eigenvalue weighted by Crippen LogP contribution is -2.33. The first kappa shape index (κ1) is 15.8. The second-order valence-corrected chi connectivity index (χ2v) is 4.61. The fraction of sp³-hybridized carbons (Fsp3) is 0.500. The summed E-state index contributed by atoms with van der Waals surface area (Å²) >= 11 is 0. The molecule has 1 unspecified atom stereocenters. The van der Waals surface area contributed by atoms with Crippen molar-refractivity contribution in [3.05, 3.63) is 29.3 Å². The van der Waals surface area contributed by atoms with Crippen LogP contribution in [0.2, 0.25) is 0 Å². The predicted molar refractivity (Wildman–Crippen MR) is 78.4 cm³/mol. The van der Waals surface area contributed by atoms with Crippen LogP contribution in [0.25, 0.3) is 0 Å². The summed E-state index contributed by atoms with van der Waals surface area (Å²) in [6.07, 6.45) is 3.10. The number of halogens is 1. The zero-order valence-electron chi connectivity index (χ0n) is 11.1. The van der Waals surface area contributed by atoms with Gasteiger partial charge >= 0.3 is 0 Å². The van der Waals surface area contributed by atoms with Gasteiger partial charge in [-0.2, -0.15) is 0 Å². The SMILES string of the molecule is CCOCC(=O)NC1CCCc2cc(N)ccc21.Cl. The second kappa shape index (κ2) is 7.36. The highest BCUT2D eigenvalue weighted by Crippen LogP contribution is 2.30. The average molecular weight is 285 g/mol. The number of benzene rings is 1. The van der Waals surface area contributed by atoms with Crippen LogP contribution in [-0.2, 0) is 16.0 Å². The molecular formula is C14H21ClN2O2. The number of carbonyl (C=O) groups is 1. The van der Waals surface area contributed by atoms with Crippen molar-refractivity contribution in [3.8, 4) is 0 Å². The summed E-state index contributed by atoms with van der Waals surface area (Å²) in [7, 11) is 0. The van der Waals surface area contributed by atoms with E-state index in [4.69, 9.17) is 10.5 Å². The molecule has 19 heavy (non-hydrogen) atoms. The standard InChI is InChI=1S/C14H20N2O2.ClH/c1-2-18-9-14(17)16-13-5-3-4-10-8-11(15)6-7-12(10)13;/h6-8,13H,2-5,9,15H2,1H3,(H,16,17);1H. The lowest BCUT2D eigenvalue weighted by Gasteiger charge is -2.26. The molecule has 0 aromatic heterocycles. The molecule has 1 aliphatic rings. The van der Waals surface area contributed by atoms with Crippen LogP contribution in [0.5, 0.6) is 0 Å². The predicted octanol–water partition coefficient (Wildman–Crippen LogP) is 2.22. The maximum Gasteiger partial charge on any atom is 0.246 e. The largest absolute Gasteiger partial charge is 0.399 e. The summed E-state index contributed by atoms with van der Waals surface area (Å²) in [4.78, 5) is 11.7. The van der Waals surface area contributed by atoms with Crippen molar-refractivity contribution in [1.82, 2.24) is 5.32 Å². The Morgan fingerprint density at radius 2 is 2.32 bits per heavy atom. The molecule has 1 aromatic rings. The quantitative estimate of drug-likeness (QED) is 0.833. The molecule has 0 heterocycles. The number of nitrogens with one attached hydrogen (secondary N) is 1. The van der Waals surface area contributed by atoms with E-state index in [0.717, 1.165) is 24.9 Å². The zero-order chi connectivity index (χ0) is 13.0. The number of carbonyl (C=O) groups excluding carboxylic acids is 1. The van der Waals surface area contributed by atoms with Gasteiger partial charge in [-0.05, 0) is 49.4 Å². The van der Waals surface area contributed by atoms with E-state index in [-0.39, 0.29) is 31.0 Å². The van der Waals surface area contributed by atoms with Crippen molar-refractivity contribution in [3.63, 3.8) is 0 Å². The number of hydrogen-bond donors (Lipinski definition) is 2. The Morgan fingerprint density at radius 3 is 3.05 bits per heavy atom.